The Balaban J connectivity index is 2.95. The van der Waals surface area contributed by atoms with Gasteiger partial charge < -0.3 is 5.73 Å². The lowest BCUT2D eigenvalue weighted by Gasteiger charge is -2.16. The Hall–Kier alpha value is -1.08. The highest BCUT2D eigenvalue weighted by Crippen LogP contribution is 2.22. The fourth-order valence-corrected chi connectivity index (χ4v) is 1.66. The highest BCUT2D eigenvalue weighted by Gasteiger charge is 2.09. The summed E-state index contributed by atoms with van der Waals surface area (Å²) in [5.74, 6) is 0. The van der Waals surface area contributed by atoms with E-state index in [-0.39, 0.29) is 6.04 Å². The van der Waals surface area contributed by atoms with Gasteiger partial charge in [0.2, 0.25) is 0 Å². The van der Waals surface area contributed by atoms with Gasteiger partial charge in [0, 0.05) is 6.04 Å². The number of hydrogen-bond donors (Lipinski definition) is 1. The summed E-state index contributed by atoms with van der Waals surface area (Å²) in [6, 6.07) is 6.38. The summed E-state index contributed by atoms with van der Waals surface area (Å²) in [6.45, 7) is 10.2. The Labute approximate surface area is 86.6 Å². The van der Waals surface area contributed by atoms with Crippen molar-refractivity contribution in [2.45, 2.75) is 33.2 Å². The minimum Gasteiger partial charge on any atom is -0.324 e. The zero-order valence-corrected chi connectivity index (χ0v) is 9.30. The number of benzene rings is 1. The van der Waals surface area contributed by atoms with E-state index in [1.807, 2.05) is 6.92 Å². The number of aryl methyl sites for hydroxylation is 1. The minimum absolute atomic E-state index is 0.0902. The number of hydrogen-bond acceptors (Lipinski definition) is 1. The molecule has 0 saturated carbocycles. The van der Waals surface area contributed by atoms with Crippen LogP contribution in [0.15, 0.2) is 30.4 Å². The third kappa shape index (κ3) is 2.46. The summed E-state index contributed by atoms with van der Waals surface area (Å²) in [5, 5.41) is 0. The normalized spacial score (nSPS) is 12.6. The van der Waals surface area contributed by atoms with Crippen LogP contribution < -0.4 is 5.73 Å². The van der Waals surface area contributed by atoms with E-state index in [9.17, 15) is 0 Å². The molecule has 0 aliphatic carbocycles. The summed E-state index contributed by atoms with van der Waals surface area (Å²) >= 11 is 0. The van der Waals surface area contributed by atoms with Gasteiger partial charge in [0.1, 0.15) is 0 Å². The molecule has 1 heteroatoms. The molecule has 0 saturated heterocycles. The molecule has 0 heterocycles. The van der Waals surface area contributed by atoms with E-state index in [1.54, 1.807) is 0 Å². The molecule has 0 spiro atoms. The lowest BCUT2D eigenvalue weighted by molar-refractivity contribution is 0.711. The van der Waals surface area contributed by atoms with Gasteiger partial charge in [-0.05, 0) is 43.9 Å². The van der Waals surface area contributed by atoms with Gasteiger partial charge in [-0.1, -0.05) is 23.8 Å². The summed E-state index contributed by atoms with van der Waals surface area (Å²) in [5.41, 5.74) is 11.1. The summed E-state index contributed by atoms with van der Waals surface area (Å²) in [7, 11) is 0. The topological polar surface area (TPSA) is 26.0 Å². The fraction of sp³-hybridized carbons (Fsp3) is 0.385. The van der Waals surface area contributed by atoms with E-state index in [1.165, 1.54) is 16.7 Å². The molecule has 0 aliphatic rings. The zero-order chi connectivity index (χ0) is 10.7. The van der Waals surface area contributed by atoms with Crippen molar-refractivity contribution in [3.63, 3.8) is 0 Å². The predicted molar refractivity (Wildman–Crippen MR) is 62.3 cm³/mol. The van der Waals surface area contributed by atoms with Gasteiger partial charge in [-0.25, -0.2) is 0 Å². The third-order valence-corrected chi connectivity index (χ3v) is 2.61. The molecule has 0 aromatic heterocycles. The van der Waals surface area contributed by atoms with Gasteiger partial charge in [0.15, 0.2) is 0 Å². The van der Waals surface area contributed by atoms with Gasteiger partial charge in [-0.15, -0.1) is 6.58 Å². The average Bonchev–Trinajstić information content (AvgIpc) is 2.08. The number of nitrogens with two attached hydrogens (primary N) is 1. The molecule has 1 unspecified atom stereocenters. The standard InChI is InChI=1S/C13H19N/c1-9(2)8-13(14)12-7-5-6-10(3)11(12)4/h5-7,13H,1,8,14H2,2-4H3. The Morgan fingerprint density at radius 1 is 1.43 bits per heavy atom. The quantitative estimate of drug-likeness (QED) is 0.726. The maximum atomic E-state index is 6.10. The van der Waals surface area contributed by atoms with Gasteiger partial charge in [0.25, 0.3) is 0 Å². The molecule has 1 aromatic carbocycles. The van der Waals surface area contributed by atoms with Crippen LogP contribution in [0.25, 0.3) is 0 Å². The molecule has 1 rings (SSSR count). The summed E-state index contributed by atoms with van der Waals surface area (Å²) in [6.07, 6.45) is 0.865. The van der Waals surface area contributed by atoms with Crippen LogP contribution in [0.3, 0.4) is 0 Å². The predicted octanol–water partition coefficient (Wildman–Crippen LogP) is 3.27. The van der Waals surface area contributed by atoms with Crippen molar-refractivity contribution in [3.8, 4) is 0 Å². The van der Waals surface area contributed by atoms with Crippen molar-refractivity contribution in [1.29, 1.82) is 0 Å². The van der Waals surface area contributed by atoms with Crippen LogP contribution in [-0.4, -0.2) is 0 Å². The molecule has 1 atom stereocenters. The molecular formula is C13H19N. The Morgan fingerprint density at radius 3 is 2.64 bits per heavy atom. The van der Waals surface area contributed by atoms with Crippen molar-refractivity contribution < 1.29 is 0 Å². The molecule has 0 aliphatic heterocycles. The molecular weight excluding hydrogens is 170 g/mol. The maximum absolute atomic E-state index is 6.10. The van der Waals surface area contributed by atoms with E-state index in [0.717, 1.165) is 12.0 Å². The van der Waals surface area contributed by atoms with E-state index in [2.05, 4.69) is 38.6 Å². The monoisotopic (exact) mass is 189 g/mol. The smallest absolute Gasteiger partial charge is 0.0335 e. The van der Waals surface area contributed by atoms with Crippen molar-refractivity contribution in [3.05, 3.63) is 47.0 Å². The minimum atomic E-state index is 0.0902. The lowest BCUT2D eigenvalue weighted by atomic mass is 9.94. The van der Waals surface area contributed by atoms with Crippen molar-refractivity contribution in [2.75, 3.05) is 0 Å². The van der Waals surface area contributed by atoms with Crippen molar-refractivity contribution >= 4 is 0 Å². The van der Waals surface area contributed by atoms with Crippen LogP contribution >= 0.6 is 0 Å². The molecule has 1 aromatic rings. The maximum Gasteiger partial charge on any atom is 0.0335 e. The highest BCUT2D eigenvalue weighted by atomic mass is 14.6. The molecule has 14 heavy (non-hydrogen) atoms. The number of rotatable bonds is 3. The van der Waals surface area contributed by atoms with Crippen molar-refractivity contribution in [1.82, 2.24) is 0 Å². The molecule has 76 valence electrons. The van der Waals surface area contributed by atoms with Crippen LogP contribution in [0.5, 0.6) is 0 Å². The zero-order valence-electron chi connectivity index (χ0n) is 9.30. The second-order valence-corrected chi connectivity index (χ2v) is 4.06. The second kappa shape index (κ2) is 4.43. The molecule has 0 amide bonds. The average molecular weight is 189 g/mol. The highest BCUT2D eigenvalue weighted by molar-refractivity contribution is 5.35. The third-order valence-electron chi connectivity index (χ3n) is 2.61. The van der Waals surface area contributed by atoms with E-state index >= 15 is 0 Å². The lowest BCUT2D eigenvalue weighted by Crippen LogP contribution is -2.12. The SMILES string of the molecule is C=C(C)CC(N)c1cccc(C)c1C. The van der Waals surface area contributed by atoms with Crippen LogP contribution in [0.1, 0.15) is 36.1 Å². The van der Waals surface area contributed by atoms with Crippen molar-refractivity contribution in [2.24, 2.45) is 5.73 Å². The fourth-order valence-electron chi connectivity index (χ4n) is 1.66. The molecule has 0 bridgehead atoms. The van der Waals surface area contributed by atoms with E-state index in [0.29, 0.717) is 0 Å². The van der Waals surface area contributed by atoms with Gasteiger partial charge in [-0.3, -0.25) is 0 Å². The van der Waals surface area contributed by atoms with E-state index < -0.39 is 0 Å². The Kier molecular flexibility index (Phi) is 3.48. The molecule has 0 radical (unpaired) electrons. The Morgan fingerprint density at radius 2 is 2.07 bits per heavy atom. The molecule has 2 N–H and O–H groups in total. The van der Waals surface area contributed by atoms with Crippen LogP contribution in [0, 0.1) is 13.8 Å². The Bertz CT molecular complexity index is 339. The molecule has 1 nitrogen and oxygen atoms in total. The first kappa shape index (κ1) is 11.0. The second-order valence-electron chi connectivity index (χ2n) is 4.06. The summed E-state index contributed by atoms with van der Waals surface area (Å²) < 4.78 is 0. The van der Waals surface area contributed by atoms with E-state index in [4.69, 9.17) is 5.73 Å². The summed E-state index contributed by atoms with van der Waals surface area (Å²) in [4.78, 5) is 0. The first-order chi connectivity index (χ1) is 6.52. The first-order valence-corrected chi connectivity index (χ1v) is 4.98. The van der Waals surface area contributed by atoms with Gasteiger partial charge in [-0.2, -0.15) is 0 Å². The first-order valence-electron chi connectivity index (χ1n) is 4.98. The van der Waals surface area contributed by atoms with Crippen LogP contribution in [0.4, 0.5) is 0 Å². The van der Waals surface area contributed by atoms with Gasteiger partial charge in [0.05, 0.1) is 0 Å². The van der Waals surface area contributed by atoms with Crippen LogP contribution in [0.2, 0.25) is 0 Å². The molecule has 0 fully saturated rings. The van der Waals surface area contributed by atoms with Crippen LogP contribution in [-0.2, 0) is 0 Å². The van der Waals surface area contributed by atoms with Gasteiger partial charge >= 0.3 is 0 Å². The largest absolute Gasteiger partial charge is 0.324 e.